The Morgan fingerprint density at radius 1 is 1.07 bits per heavy atom. The molecule has 0 bridgehead atoms. The van der Waals surface area contributed by atoms with E-state index in [0.29, 0.717) is 12.4 Å². The number of nitrogens with one attached hydrogen (secondary N) is 2. The number of aromatic nitrogens is 4. The standard InChI is InChI=1S/C22H22N6O/c1-3-10-24-22(29)26-18-14-17(9-12-23-18)21-20(16-7-4-6-15(2)13-16)27-19-8-5-11-25-28(19)21/h4-9,11-14H,3,10H2,1-2H3,(H2,23,24,26,29). The first-order valence-corrected chi connectivity index (χ1v) is 9.58. The van der Waals surface area contributed by atoms with Crippen LogP contribution in [0.4, 0.5) is 10.6 Å². The largest absolute Gasteiger partial charge is 0.338 e. The SMILES string of the molecule is CCCNC(=O)Nc1cc(-c2c(-c3cccc(C)c3)nc3cccnn23)ccn1. The number of amides is 2. The molecule has 0 radical (unpaired) electrons. The van der Waals surface area contributed by atoms with Gasteiger partial charge in [-0.3, -0.25) is 5.32 Å². The van der Waals surface area contributed by atoms with Crippen LogP contribution >= 0.6 is 0 Å². The molecule has 0 fully saturated rings. The predicted molar refractivity (Wildman–Crippen MR) is 114 cm³/mol. The van der Waals surface area contributed by atoms with Gasteiger partial charge in [0.05, 0.1) is 5.69 Å². The summed E-state index contributed by atoms with van der Waals surface area (Å²) in [6.07, 6.45) is 4.28. The van der Waals surface area contributed by atoms with Gasteiger partial charge in [-0.05, 0) is 43.7 Å². The van der Waals surface area contributed by atoms with Crippen LogP contribution in [0.15, 0.2) is 60.9 Å². The molecule has 0 aliphatic carbocycles. The van der Waals surface area contributed by atoms with E-state index in [1.165, 1.54) is 0 Å². The molecular formula is C22H22N6O. The fourth-order valence-electron chi connectivity index (χ4n) is 3.19. The fourth-order valence-corrected chi connectivity index (χ4v) is 3.19. The molecule has 4 aromatic rings. The molecular weight excluding hydrogens is 364 g/mol. The number of nitrogens with zero attached hydrogens (tertiary/aromatic N) is 4. The molecule has 7 nitrogen and oxygen atoms in total. The normalized spacial score (nSPS) is 10.8. The number of urea groups is 1. The molecule has 0 saturated heterocycles. The number of fused-ring (bicyclic) bond motifs is 1. The van der Waals surface area contributed by atoms with Crippen molar-refractivity contribution in [2.45, 2.75) is 20.3 Å². The molecule has 0 atom stereocenters. The second-order valence-electron chi connectivity index (χ2n) is 6.78. The molecule has 29 heavy (non-hydrogen) atoms. The molecule has 7 heteroatoms. The zero-order valence-electron chi connectivity index (χ0n) is 16.4. The van der Waals surface area contributed by atoms with Gasteiger partial charge >= 0.3 is 6.03 Å². The summed E-state index contributed by atoms with van der Waals surface area (Å²) in [5.74, 6) is 0.470. The van der Waals surface area contributed by atoms with E-state index in [1.807, 2.05) is 47.8 Å². The number of carbonyl (C=O) groups is 1. The monoisotopic (exact) mass is 386 g/mol. The lowest BCUT2D eigenvalue weighted by Gasteiger charge is -2.09. The van der Waals surface area contributed by atoms with Crippen molar-refractivity contribution in [3.8, 4) is 22.5 Å². The van der Waals surface area contributed by atoms with Crippen LogP contribution in [0.2, 0.25) is 0 Å². The Balaban J connectivity index is 1.80. The number of rotatable bonds is 5. The van der Waals surface area contributed by atoms with Crippen molar-refractivity contribution in [3.63, 3.8) is 0 Å². The van der Waals surface area contributed by atoms with Gasteiger partial charge in [-0.2, -0.15) is 5.10 Å². The number of aryl methyl sites for hydroxylation is 1. The first-order chi connectivity index (χ1) is 14.2. The third-order valence-corrected chi connectivity index (χ3v) is 4.50. The quantitative estimate of drug-likeness (QED) is 0.536. The zero-order chi connectivity index (χ0) is 20.2. The maximum atomic E-state index is 12.0. The van der Waals surface area contributed by atoms with Gasteiger partial charge in [0, 0.05) is 30.1 Å². The van der Waals surface area contributed by atoms with E-state index < -0.39 is 0 Å². The van der Waals surface area contributed by atoms with E-state index in [9.17, 15) is 4.79 Å². The topological polar surface area (TPSA) is 84.2 Å². The minimum Gasteiger partial charge on any atom is -0.338 e. The third-order valence-electron chi connectivity index (χ3n) is 4.50. The average molecular weight is 386 g/mol. The van der Waals surface area contributed by atoms with E-state index in [4.69, 9.17) is 4.98 Å². The number of imidazole rings is 1. The Morgan fingerprint density at radius 3 is 2.79 bits per heavy atom. The van der Waals surface area contributed by atoms with Crippen molar-refractivity contribution in [2.75, 3.05) is 11.9 Å². The highest BCUT2D eigenvalue weighted by Crippen LogP contribution is 2.33. The zero-order valence-corrected chi connectivity index (χ0v) is 16.4. The Morgan fingerprint density at radius 2 is 1.97 bits per heavy atom. The van der Waals surface area contributed by atoms with Crippen LogP contribution < -0.4 is 10.6 Å². The molecule has 0 spiro atoms. The maximum absolute atomic E-state index is 12.0. The summed E-state index contributed by atoms with van der Waals surface area (Å²) in [5.41, 5.74) is 5.48. The average Bonchev–Trinajstić information content (AvgIpc) is 3.12. The van der Waals surface area contributed by atoms with Gasteiger partial charge in [0.15, 0.2) is 5.65 Å². The summed E-state index contributed by atoms with van der Waals surface area (Å²) in [6.45, 7) is 4.67. The molecule has 3 heterocycles. The number of pyridine rings is 1. The van der Waals surface area contributed by atoms with Gasteiger partial charge in [-0.1, -0.05) is 30.7 Å². The summed E-state index contributed by atoms with van der Waals surface area (Å²) < 4.78 is 1.81. The summed E-state index contributed by atoms with van der Waals surface area (Å²) in [7, 11) is 0. The molecule has 146 valence electrons. The minimum absolute atomic E-state index is 0.272. The summed E-state index contributed by atoms with van der Waals surface area (Å²) in [4.78, 5) is 21.1. The van der Waals surface area contributed by atoms with Crippen LogP contribution in [-0.4, -0.2) is 32.2 Å². The molecule has 4 rings (SSSR count). The Kier molecular flexibility index (Phi) is 5.20. The van der Waals surface area contributed by atoms with Crippen molar-refractivity contribution in [2.24, 2.45) is 0 Å². The fraction of sp³-hybridized carbons (Fsp3) is 0.182. The first kappa shape index (κ1) is 18.6. The molecule has 1 aromatic carbocycles. The van der Waals surface area contributed by atoms with Crippen molar-refractivity contribution in [1.29, 1.82) is 0 Å². The number of benzene rings is 1. The van der Waals surface area contributed by atoms with Crippen molar-refractivity contribution < 1.29 is 4.79 Å². The number of carbonyl (C=O) groups excluding carboxylic acids is 1. The third kappa shape index (κ3) is 3.94. The lowest BCUT2D eigenvalue weighted by Crippen LogP contribution is -2.29. The second-order valence-corrected chi connectivity index (χ2v) is 6.78. The van der Waals surface area contributed by atoms with E-state index >= 15 is 0 Å². The molecule has 0 aliphatic heterocycles. The van der Waals surface area contributed by atoms with Gasteiger partial charge < -0.3 is 5.32 Å². The summed E-state index contributed by atoms with van der Waals surface area (Å²) in [5, 5.41) is 10.1. The van der Waals surface area contributed by atoms with Crippen LogP contribution in [0.3, 0.4) is 0 Å². The smallest absolute Gasteiger partial charge is 0.320 e. The molecule has 3 aromatic heterocycles. The lowest BCUT2D eigenvalue weighted by molar-refractivity contribution is 0.252. The molecule has 2 N–H and O–H groups in total. The highest BCUT2D eigenvalue weighted by Gasteiger charge is 2.17. The van der Waals surface area contributed by atoms with E-state index in [1.54, 1.807) is 12.4 Å². The predicted octanol–water partition coefficient (Wildman–Crippen LogP) is 4.30. The number of anilines is 1. The lowest BCUT2D eigenvalue weighted by atomic mass is 10.0. The van der Waals surface area contributed by atoms with Crippen LogP contribution in [0, 0.1) is 6.92 Å². The summed E-state index contributed by atoms with van der Waals surface area (Å²) >= 11 is 0. The van der Waals surface area contributed by atoms with Crippen molar-refractivity contribution in [3.05, 3.63) is 66.5 Å². The first-order valence-electron chi connectivity index (χ1n) is 9.58. The van der Waals surface area contributed by atoms with E-state index in [2.05, 4.69) is 39.8 Å². The minimum atomic E-state index is -0.272. The number of hydrogen-bond donors (Lipinski definition) is 2. The highest BCUT2D eigenvalue weighted by atomic mass is 16.2. The second kappa shape index (κ2) is 8.10. The Hall–Kier alpha value is -3.74. The van der Waals surface area contributed by atoms with E-state index in [-0.39, 0.29) is 6.03 Å². The van der Waals surface area contributed by atoms with Crippen LogP contribution in [0.25, 0.3) is 28.2 Å². The Labute approximate surface area is 168 Å². The van der Waals surface area contributed by atoms with Gasteiger partial charge in [-0.25, -0.2) is 19.3 Å². The molecule has 0 saturated carbocycles. The highest BCUT2D eigenvalue weighted by molar-refractivity contribution is 5.89. The maximum Gasteiger partial charge on any atom is 0.320 e. The Bertz CT molecular complexity index is 1170. The number of hydrogen-bond acceptors (Lipinski definition) is 4. The molecule has 2 amide bonds. The van der Waals surface area contributed by atoms with Gasteiger partial charge in [0.1, 0.15) is 11.5 Å². The van der Waals surface area contributed by atoms with Gasteiger partial charge in [0.25, 0.3) is 0 Å². The van der Waals surface area contributed by atoms with Crippen LogP contribution in [0.5, 0.6) is 0 Å². The van der Waals surface area contributed by atoms with Crippen LogP contribution in [-0.2, 0) is 0 Å². The van der Waals surface area contributed by atoms with Crippen molar-refractivity contribution >= 4 is 17.5 Å². The van der Waals surface area contributed by atoms with E-state index in [0.717, 1.165) is 40.1 Å². The van der Waals surface area contributed by atoms with Gasteiger partial charge in [-0.15, -0.1) is 0 Å². The molecule has 0 aliphatic rings. The van der Waals surface area contributed by atoms with Crippen molar-refractivity contribution in [1.82, 2.24) is 24.9 Å². The van der Waals surface area contributed by atoms with Gasteiger partial charge in [0.2, 0.25) is 0 Å². The summed E-state index contributed by atoms with van der Waals surface area (Å²) in [6, 6.07) is 15.5. The molecule has 0 unspecified atom stereocenters. The van der Waals surface area contributed by atoms with Crippen LogP contribution in [0.1, 0.15) is 18.9 Å².